The fourth-order valence-corrected chi connectivity index (χ4v) is 2.24. The minimum absolute atomic E-state index is 0.417. The van der Waals surface area contributed by atoms with Crippen molar-refractivity contribution < 1.29 is 19.4 Å². The van der Waals surface area contributed by atoms with Gasteiger partial charge in [-0.25, -0.2) is 4.79 Å². The van der Waals surface area contributed by atoms with E-state index in [9.17, 15) is 4.79 Å². The predicted molar refractivity (Wildman–Crippen MR) is 75.2 cm³/mol. The largest absolute Gasteiger partial charge is 0.493 e. The van der Waals surface area contributed by atoms with Gasteiger partial charge in [0.1, 0.15) is 5.75 Å². The van der Waals surface area contributed by atoms with Gasteiger partial charge in [-0.15, -0.1) is 0 Å². The van der Waals surface area contributed by atoms with Crippen LogP contribution in [-0.4, -0.2) is 30.9 Å². The molecule has 4 nitrogen and oxygen atoms in total. The molecule has 0 aliphatic carbocycles. The van der Waals surface area contributed by atoms with E-state index in [1.807, 2.05) is 18.2 Å². The summed E-state index contributed by atoms with van der Waals surface area (Å²) in [5, 5.41) is 8.68. The summed E-state index contributed by atoms with van der Waals surface area (Å²) in [7, 11) is 0. The Morgan fingerprint density at radius 2 is 2.42 bits per heavy atom. The molecule has 102 valence electrons. The average molecular weight is 327 g/mol. The number of benzene rings is 1. The molecule has 1 saturated heterocycles. The van der Waals surface area contributed by atoms with Gasteiger partial charge < -0.3 is 14.6 Å². The number of hydrogen-bond donors (Lipinski definition) is 1. The molecule has 1 aromatic rings. The number of carboxylic acids is 1. The van der Waals surface area contributed by atoms with E-state index in [1.54, 1.807) is 0 Å². The van der Waals surface area contributed by atoms with Crippen LogP contribution in [0.3, 0.4) is 0 Å². The van der Waals surface area contributed by atoms with E-state index < -0.39 is 5.97 Å². The molecule has 2 rings (SSSR count). The number of carbonyl (C=O) groups is 1. The third-order valence-electron chi connectivity index (χ3n) is 2.88. The first-order valence-electron chi connectivity index (χ1n) is 6.06. The third kappa shape index (κ3) is 4.36. The molecule has 1 aromatic carbocycles. The first-order valence-corrected chi connectivity index (χ1v) is 6.85. The number of rotatable bonds is 5. The highest BCUT2D eigenvalue weighted by Crippen LogP contribution is 2.25. The van der Waals surface area contributed by atoms with Crippen molar-refractivity contribution in [2.24, 2.45) is 5.92 Å². The van der Waals surface area contributed by atoms with Gasteiger partial charge in [-0.05, 0) is 30.7 Å². The molecule has 1 N–H and O–H groups in total. The van der Waals surface area contributed by atoms with Crippen molar-refractivity contribution in [1.29, 1.82) is 0 Å². The van der Waals surface area contributed by atoms with Crippen molar-refractivity contribution in [3.63, 3.8) is 0 Å². The summed E-state index contributed by atoms with van der Waals surface area (Å²) in [4.78, 5) is 10.6. The Kier molecular flexibility index (Phi) is 4.99. The molecule has 0 bridgehead atoms. The zero-order chi connectivity index (χ0) is 13.7. The van der Waals surface area contributed by atoms with Gasteiger partial charge >= 0.3 is 5.97 Å². The fraction of sp³-hybridized carbons (Fsp3) is 0.357. The molecule has 1 aliphatic rings. The van der Waals surface area contributed by atoms with E-state index in [2.05, 4.69) is 15.9 Å². The summed E-state index contributed by atoms with van der Waals surface area (Å²) in [6, 6.07) is 5.54. The van der Waals surface area contributed by atoms with Gasteiger partial charge in [0.25, 0.3) is 0 Å². The molecule has 0 spiro atoms. The predicted octanol–water partition coefficient (Wildman–Crippen LogP) is 2.96. The molecule has 0 aromatic heterocycles. The second-order valence-electron chi connectivity index (χ2n) is 4.39. The molecule has 1 heterocycles. The van der Waals surface area contributed by atoms with Crippen LogP contribution >= 0.6 is 15.9 Å². The van der Waals surface area contributed by atoms with Crippen molar-refractivity contribution >= 4 is 28.0 Å². The monoisotopic (exact) mass is 326 g/mol. The molecule has 1 unspecified atom stereocenters. The zero-order valence-corrected chi connectivity index (χ0v) is 11.9. The van der Waals surface area contributed by atoms with E-state index in [1.165, 1.54) is 6.08 Å². The molecular weight excluding hydrogens is 312 g/mol. The Hall–Kier alpha value is -1.33. The Balaban J connectivity index is 2.07. The highest BCUT2D eigenvalue weighted by atomic mass is 79.9. The van der Waals surface area contributed by atoms with Gasteiger partial charge in [-0.2, -0.15) is 0 Å². The molecule has 0 saturated carbocycles. The van der Waals surface area contributed by atoms with Crippen LogP contribution in [0.15, 0.2) is 28.7 Å². The van der Waals surface area contributed by atoms with Gasteiger partial charge in [-0.3, -0.25) is 0 Å². The molecule has 5 heteroatoms. The molecule has 1 aliphatic heterocycles. The second-order valence-corrected chi connectivity index (χ2v) is 5.31. The number of halogens is 1. The van der Waals surface area contributed by atoms with E-state index in [4.69, 9.17) is 14.6 Å². The van der Waals surface area contributed by atoms with Crippen molar-refractivity contribution in [3.05, 3.63) is 34.3 Å². The summed E-state index contributed by atoms with van der Waals surface area (Å²) >= 11 is 3.36. The fourth-order valence-electron chi connectivity index (χ4n) is 1.86. The Labute approximate surface area is 120 Å². The van der Waals surface area contributed by atoms with Gasteiger partial charge in [0.2, 0.25) is 0 Å². The van der Waals surface area contributed by atoms with Crippen LogP contribution in [-0.2, 0) is 9.53 Å². The highest BCUT2D eigenvalue weighted by Gasteiger charge is 2.16. The SMILES string of the molecule is O=C(O)/C=C/c1cc(Br)ccc1OCC1CCOC1. The van der Waals surface area contributed by atoms with E-state index in [-0.39, 0.29) is 0 Å². The van der Waals surface area contributed by atoms with Gasteiger partial charge in [0.15, 0.2) is 0 Å². The maximum Gasteiger partial charge on any atom is 0.328 e. The van der Waals surface area contributed by atoms with Crippen LogP contribution in [0, 0.1) is 5.92 Å². The van der Waals surface area contributed by atoms with Gasteiger partial charge in [0.05, 0.1) is 13.2 Å². The number of hydrogen-bond acceptors (Lipinski definition) is 3. The average Bonchev–Trinajstić information content (AvgIpc) is 2.88. The lowest BCUT2D eigenvalue weighted by Gasteiger charge is -2.12. The number of aliphatic carboxylic acids is 1. The summed E-state index contributed by atoms with van der Waals surface area (Å²) in [5.41, 5.74) is 0.746. The summed E-state index contributed by atoms with van der Waals surface area (Å²) in [6.07, 6.45) is 3.65. The van der Waals surface area contributed by atoms with Crippen molar-refractivity contribution in [2.75, 3.05) is 19.8 Å². The van der Waals surface area contributed by atoms with Crippen LogP contribution in [0.25, 0.3) is 6.08 Å². The summed E-state index contributed by atoms with van der Waals surface area (Å²) < 4.78 is 11.9. The molecular formula is C14H15BrO4. The van der Waals surface area contributed by atoms with E-state index in [0.29, 0.717) is 18.3 Å². The van der Waals surface area contributed by atoms with Crippen LogP contribution < -0.4 is 4.74 Å². The van der Waals surface area contributed by atoms with E-state index >= 15 is 0 Å². The topological polar surface area (TPSA) is 55.8 Å². The maximum absolute atomic E-state index is 10.6. The normalized spacial score (nSPS) is 18.9. The smallest absolute Gasteiger partial charge is 0.328 e. The lowest BCUT2D eigenvalue weighted by Crippen LogP contribution is -2.12. The number of carboxylic acid groups (broad SMARTS) is 1. The Morgan fingerprint density at radius 3 is 3.11 bits per heavy atom. The lowest BCUT2D eigenvalue weighted by atomic mass is 10.1. The quantitative estimate of drug-likeness (QED) is 0.845. The molecule has 1 fully saturated rings. The Morgan fingerprint density at radius 1 is 1.58 bits per heavy atom. The van der Waals surface area contributed by atoms with Crippen molar-refractivity contribution in [2.45, 2.75) is 6.42 Å². The van der Waals surface area contributed by atoms with Crippen LogP contribution in [0.2, 0.25) is 0 Å². The van der Waals surface area contributed by atoms with Crippen molar-refractivity contribution in [1.82, 2.24) is 0 Å². The molecule has 0 amide bonds. The zero-order valence-electron chi connectivity index (χ0n) is 10.3. The molecule has 0 radical (unpaired) electrons. The summed E-state index contributed by atoms with van der Waals surface area (Å²) in [5.74, 6) is 0.127. The summed E-state index contributed by atoms with van der Waals surface area (Å²) in [6.45, 7) is 2.12. The second kappa shape index (κ2) is 6.73. The van der Waals surface area contributed by atoms with Gasteiger partial charge in [-0.1, -0.05) is 15.9 Å². The van der Waals surface area contributed by atoms with E-state index in [0.717, 1.165) is 35.7 Å². The molecule has 1 atom stereocenters. The van der Waals surface area contributed by atoms with Crippen LogP contribution in [0.4, 0.5) is 0 Å². The third-order valence-corrected chi connectivity index (χ3v) is 3.37. The number of ether oxygens (including phenoxy) is 2. The standard InChI is InChI=1S/C14H15BrO4/c15-12-2-3-13(11(7-12)1-4-14(16)17)19-9-10-5-6-18-8-10/h1-4,7,10H,5-6,8-9H2,(H,16,17)/b4-1+. The van der Waals surface area contributed by atoms with Crippen molar-refractivity contribution in [3.8, 4) is 5.75 Å². The maximum atomic E-state index is 10.6. The minimum Gasteiger partial charge on any atom is -0.493 e. The first-order chi connectivity index (χ1) is 9.15. The Bertz CT molecular complexity index is 478. The van der Waals surface area contributed by atoms with Crippen LogP contribution in [0.1, 0.15) is 12.0 Å². The van der Waals surface area contributed by atoms with Crippen LogP contribution in [0.5, 0.6) is 5.75 Å². The highest BCUT2D eigenvalue weighted by molar-refractivity contribution is 9.10. The lowest BCUT2D eigenvalue weighted by molar-refractivity contribution is -0.131. The first kappa shape index (κ1) is 14.1. The molecule has 19 heavy (non-hydrogen) atoms. The minimum atomic E-state index is -0.977. The van der Waals surface area contributed by atoms with Gasteiger partial charge in [0, 0.05) is 28.6 Å².